The van der Waals surface area contributed by atoms with E-state index in [1.54, 1.807) is 27.1 Å². The maximum absolute atomic E-state index is 12.7. The Bertz CT molecular complexity index is 1450. The summed E-state index contributed by atoms with van der Waals surface area (Å²) in [5, 5.41) is 2.73. The van der Waals surface area contributed by atoms with Gasteiger partial charge in [-0.3, -0.25) is 9.88 Å². The van der Waals surface area contributed by atoms with Crippen LogP contribution in [-0.2, 0) is 10.3 Å². The van der Waals surface area contributed by atoms with Crippen molar-refractivity contribution in [3.8, 4) is 6.01 Å². The molecule has 192 valence electrons. The Morgan fingerprint density at radius 2 is 1.29 bits per heavy atom. The van der Waals surface area contributed by atoms with Crippen LogP contribution in [0.5, 0.6) is 6.01 Å². The molecule has 0 fully saturated rings. The van der Waals surface area contributed by atoms with Crippen molar-refractivity contribution in [2.45, 2.75) is 31.9 Å². The number of nitrogens with one attached hydrogen (secondary N) is 1. The number of carbonyl (C=O) groups excluding carboxylic acids is 1. The lowest BCUT2D eigenvalue weighted by Gasteiger charge is -2.37. The van der Waals surface area contributed by atoms with E-state index in [4.69, 9.17) is 19.4 Å². The van der Waals surface area contributed by atoms with Crippen LogP contribution in [0.1, 0.15) is 37.5 Å². The van der Waals surface area contributed by atoms with Crippen LogP contribution < -0.4 is 10.1 Å². The monoisotopic (exact) mass is 507 g/mol. The molecule has 0 spiro atoms. The zero-order valence-corrected chi connectivity index (χ0v) is 21.8. The van der Waals surface area contributed by atoms with Crippen molar-refractivity contribution in [1.82, 2.24) is 19.5 Å². The van der Waals surface area contributed by atoms with Crippen LogP contribution in [0.2, 0.25) is 0 Å². The van der Waals surface area contributed by atoms with Crippen LogP contribution in [0.4, 0.5) is 10.6 Å². The fourth-order valence-electron chi connectivity index (χ4n) is 4.66. The highest BCUT2D eigenvalue weighted by molar-refractivity contribution is 5.94. The number of methoxy groups -OCH3 is 1. The lowest BCUT2D eigenvalue weighted by molar-refractivity contribution is 0.0635. The Morgan fingerprint density at radius 3 is 1.74 bits per heavy atom. The van der Waals surface area contributed by atoms with Crippen LogP contribution in [0, 0.1) is 0 Å². The topological polar surface area (TPSA) is 91.2 Å². The van der Waals surface area contributed by atoms with Gasteiger partial charge >= 0.3 is 12.1 Å². The highest BCUT2D eigenvalue weighted by Gasteiger charge is 2.40. The number of benzene rings is 3. The normalized spacial score (nSPS) is 11.8. The third-order valence-corrected chi connectivity index (χ3v) is 6.11. The predicted octanol–water partition coefficient (Wildman–Crippen LogP) is 6.02. The van der Waals surface area contributed by atoms with Gasteiger partial charge in [-0.2, -0.15) is 9.97 Å². The van der Waals surface area contributed by atoms with Gasteiger partial charge in [0, 0.05) is 0 Å². The highest BCUT2D eigenvalue weighted by Crippen LogP contribution is 2.42. The van der Waals surface area contributed by atoms with Crippen molar-refractivity contribution < 1.29 is 14.3 Å². The minimum Gasteiger partial charge on any atom is -0.467 e. The molecule has 1 N–H and O–H groups in total. The van der Waals surface area contributed by atoms with Gasteiger partial charge in [0.2, 0.25) is 0 Å². The van der Waals surface area contributed by atoms with E-state index in [-0.39, 0.29) is 11.8 Å². The number of carbonyl (C=O) groups is 1. The van der Waals surface area contributed by atoms with Gasteiger partial charge in [0.25, 0.3) is 0 Å². The molecule has 1 amide bonds. The van der Waals surface area contributed by atoms with E-state index in [1.807, 2.05) is 59.2 Å². The van der Waals surface area contributed by atoms with Crippen molar-refractivity contribution in [1.29, 1.82) is 0 Å². The number of aromatic nitrogens is 4. The molecule has 2 aromatic heterocycles. The minimum absolute atomic E-state index is 0.0911. The Balaban J connectivity index is 1.82. The Hall–Kier alpha value is -4.72. The number of hydrogen-bond donors (Lipinski definition) is 1. The average Bonchev–Trinajstić information content (AvgIpc) is 3.34. The first-order valence-corrected chi connectivity index (χ1v) is 12.3. The van der Waals surface area contributed by atoms with E-state index in [0.717, 1.165) is 16.7 Å². The smallest absolute Gasteiger partial charge is 0.413 e. The number of rotatable bonds is 6. The molecule has 0 aliphatic heterocycles. The Labute approximate surface area is 221 Å². The largest absolute Gasteiger partial charge is 0.467 e. The second kappa shape index (κ2) is 9.97. The van der Waals surface area contributed by atoms with E-state index in [9.17, 15) is 4.79 Å². The fourth-order valence-corrected chi connectivity index (χ4v) is 4.66. The van der Waals surface area contributed by atoms with Gasteiger partial charge < -0.3 is 9.47 Å². The SMILES string of the molecule is COc1nc(NC(=O)OC(C)(C)C)c2ncn(C(c3ccccc3)(c3ccccc3)c3ccccc3)c2n1. The zero-order chi connectivity index (χ0) is 26.8. The molecule has 0 aliphatic carbocycles. The van der Waals surface area contributed by atoms with Crippen LogP contribution >= 0.6 is 0 Å². The first-order valence-electron chi connectivity index (χ1n) is 12.3. The van der Waals surface area contributed by atoms with Crippen LogP contribution in [0.3, 0.4) is 0 Å². The number of nitrogens with zero attached hydrogens (tertiary/aromatic N) is 4. The van der Waals surface area contributed by atoms with Crippen LogP contribution in [0.15, 0.2) is 97.3 Å². The highest BCUT2D eigenvalue weighted by atomic mass is 16.6. The van der Waals surface area contributed by atoms with Gasteiger partial charge in [0.15, 0.2) is 17.0 Å². The van der Waals surface area contributed by atoms with Crippen LogP contribution in [-0.4, -0.2) is 38.3 Å². The number of ether oxygens (including phenoxy) is 2. The summed E-state index contributed by atoms with van der Waals surface area (Å²) in [4.78, 5) is 26.5. The summed E-state index contributed by atoms with van der Waals surface area (Å²) in [5.41, 5.74) is 2.40. The number of imidazole rings is 1. The summed E-state index contributed by atoms with van der Waals surface area (Å²) in [6.07, 6.45) is 1.08. The summed E-state index contributed by atoms with van der Waals surface area (Å²) in [5.74, 6) is 0.197. The van der Waals surface area contributed by atoms with Gasteiger partial charge in [-0.05, 0) is 37.5 Å². The van der Waals surface area contributed by atoms with Gasteiger partial charge in [0.05, 0.1) is 13.4 Å². The van der Waals surface area contributed by atoms with E-state index in [1.165, 1.54) is 7.11 Å². The molecule has 38 heavy (non-hydrogen) atoms. The van der Waals surface area contributed by atoms with Crippen LogP contribution in [0.25, 0.3) is 11.2 Å². The molecule has 0 bridgehead atoms. The van der Waals surface area contributed by atoms with Crippen molar-refractivity contribution in [2.75, 3.05) is 12.4 Å². The molecule has 8 heteroatoms. The van der Waals surface area contributed by atoms with Gasteiger partial charge in [-0.15, -0.1) is 0 Å². The summed E-state index contributed by atoms with van der Waals surface area (Å²) >= 11 is 0. The number of hydrogen-bond acceptors (Lipinski definition) is 6. The summed E-state index contributed by atoms with van der Waals surface area (Å²) in [6, 6.07) is 30.7. The number of anilines is 1. The van der Waals surface area contributed by atoms with Gasteiger partial charge in [-0.25, -0.2) is 9.78 Å². The number of amides is 1. The molecular formula is C30H29N5O3. The molecule has 5 rings (SSSR count). The molecule has 0 unspecified atom stereocenters. The Kier molecular flexibility index (Phi) is 6.55. The molecule has 5 aromatic rings. The van der Waals surface area contributed by atoms with Gasteiger partial charge in [-0.1, -0.05) is 91.0 Å². The molecule has 0 saturated heterocycles. The maximum atomic E-state index is 12.7. The standard InChI is InChI=1S/C30H29N5O3/c1-29(2,3)38-28(36)33-25-24-26(34-27(32-25)37-4)35(20-31-24)30(21-14-8-5-9-15-21,22-16-10-6-11-17-22)23-18-12-7-13-19-23/h5-20H,1-4H3,(H,32,33,34,36). The van der Waals surface area contributed by atoms with E-state index >= 15 is 0 Å². The van der Waals surface area contributed by atoms with Crippen molar-refractivity contribution >= 4 is 23.1 Å². The molecule has 0 atom stereocenters. The van der Waals surface area contributed by atoms with E-state index < -0.39 is 17.2 Å². The summed E-state index contributed by atoms with van der Waals surface area (Å²) < 4.78 is 12.9. The molecule has 8 nitrogen and oxygen atoms in total. The molecule has 2 heterocycles. The number of fused-ring (bicyclic) bond motifs is 1. The van der Waals surface area contributed by atoms with Gasteiger partial charge in [0.1, 0.15) is 11.1 Å². The van der Waals surface area contributed by atoms with Crippen molar-refractivity contribution in [3.05, 3.63) is 114 Å². The second-order valence-electron chi connectivity index (χ2n) is 9.78. The quantitative estimate of drug-likeness (QED) is 0.283. The lowest BCUT2D eigenvalue weighted by atomic mass is 9.76. The zero-order valence-electron chi connectivity index (χ0n) is 21.8. The molecule has 0 radical (unpaired) electrons. The Morgan fingerprint density at radius 1 is 0.789 bits per heavy atom. The third-order valence-electron chi connectivity index (χ3n) is 6.11. The molecule has 3 aromatic carbocycles. The molecular weight excluding hydrogens is 478 g/mol. The van der Waals surface area contributed by atoms with E-state index in [2.05, 4.69) is 46.7 Å². The third kappa shape index (κ3) is 4.56. The molecule has 0 saturated carbocycles. The van der Waals surface area contributed by atoms with Crippen molar-refractivity contribution in [2.24, 2.45) is 0 Å². The summed E-state index contributed by atoms with van der Waals surface area (Å²) in [6.45, 7) is 5.39. The average molecular weight is 508 g/mol. The maximum Gasteiger partial charge on any atom is 0.413 e. The first-order chi connectivity index (χ1) is 18.3. The van der Waals surface area contributed by atoms with E-state index in [0.29, 0.717) is 11.2 Å². The summed E-state index contributed by atoms with van der Waals surface area (Å²) in [7, 11) is 1.48. The minimum atomic E-state index is -0.846. The first kappa shape index (κ1) is 25.0. The lowest BCUT2D eigenvalue weighted by Crippen LogP contribution is -2.37. The predicted molar refractivity (Wildman–Crippen MR) is 146 cm³/mol. The van der Waals surface area contributed by atoms with Crippen molar-refractivity contribution in [3.63, 3.8) is 0 Å². The second-order valence-corrected chi connectivity index (χ2v) is 9.78. The molecule has 0 aliphatic rings. The fraction of sp³-hybridized carbons (Fsp3) is 0.200.